The van der Waals surface area contributed by atoms with Gasteiger partial charge in [-0.2, -0.15) is 0 Å². The van der Waals surface area contributed by atoms with Crippen molar-refractivity contribution < 1.29 is 14.7 Å². The van der Waals surface area contributed by atoms with E-state index in [-0.39, 0.29) is 12.2 Å². The molecule has 0 spiro atoms. The van der Waals surface area contributed by atoms with E-state index in [9.17, 15) is 14.7 Å². The maximum absolute atomic E-state index is 12.9. The predicted octanol–water partition coefficient (Wildman–Crippen LogP) is 5.77. The van der Waals surface area contributed by atoms with Crippen molar-refractivity contribution in [2.75, 3.05) is 11.4 Å². The van der Waals surface area contributed by atoms with Gasteiger partial charge < -0.3 is 10.0 Å². The van der Waals surface area contributed by atoms with Crippen LogP contribution in [0.3, 0.4) is 0 Å². The molecule has 28 heavy (non-hydrogen) atoms. The van der Waals surface area contributed by atoms with Crippen LogP contribution in [0.5, 0.6) is 0 Å². The van der Waals surface area contributed by atoms with E-state index < -0.39 is 11.5 Å². The molecule has 0 aromatic heterocycles. The summed E-state index contributed by atoms with van der Waals surface area (Å²) in [5.41, 5.74) is -0.772. The highest BCUT2D eigenvalue weighted by Crippen LogP contribution is 2.46. The maximum atomic E-state index is 12.9. The standard InChI is InChI=1S/C23H34ClNO3/c1-3-4-5-6-7-8-9-10-11-12-16-25-21-19(14-13-15-20(21)24)23(28,22(25)27)17-18(2)26/h13-15,28H,3-12,16-17H2,1-2H3. The number of halogens is 1. The van der Waals surface area contributed by atoms with Gasteiger partial charge in [-0.05, 0) is 19.4 Å². The molecule has 0 fully saturated rings. The van der Waals surface area contributed by atoms with Gasteiger partial charge in [-0.1, -0.05) is 88.4 Å². The molecule has 0 saturated heterocycles. The van der Waals surface area contributed by atoms with E-state index in [1.807, 2.05) is 0 Å². The second kappa shape index (κ2) is 11.0. The largest absolute Gasteiger partial charge is 0.375 e. The first-order valence-corrected chi connectivity index (χ1v) is 11.1. The first-order chi connectivity index (χ1) is 13.4. The van der Waals surface area contributed by atoms with Gasteiger partial charge in [-0.15, -0.1) is 0 Å². The molecule has 5 heteroatoms. The van der Waals surface area contributed by atoms with Crippen LogP contribution >= 0.6 is 11.6 Å². The number of rotatable bonds is 13. The molecule has 156 valence electrons. The fourth-order valence-electron chi connectivity index (χ4n) is 4.07. The fourth-order valence-corrected chi connectivity index (χ4v) is 4.34. The summed E-state index contributed by atoms with van der Waals surface area (Å²) in [7, 11) is 0. The summed E-state index contributed by atoms with van der Waals surface area (Å²) in [6.07, 6.45) is 12.0. The lowest BCUT2D eigenvalue weighted by Crippen LogP contribution is -2.42. The van der Waals surface area contributed by atoms with E-state index in [1.165, 1.54) is 51.9 Å². The van der Waals surface area contributed by atoms with Gasteiger partial charge in [0.1, 0.15) is 5.78 Å². The van der Waals surface area contributed by atoms with Gasteiger partial charge >= 0.3 is 0 Å². The van der Waals surface area contributed by atoms with Crippen LogP contribution in [0, 0.1) is 0 Å². The zero-order valence-corrected chi connectivity index (χ0v) is 18.1. The zero-order valence-electron chi connectivity index (χ0n) is 17.3. The number of unbranched alkanes of at least 4 members (excludes halogenated alkanes) is 9. The highest BCUT2D eigenvalue weighted by Gasteiger charge is 2.50. The number of carbonyl (C=O) groups is 2. The van der Waals surface area contributed by atoms with E-state index in [0.29, 0.717) is 22.8 Å². The van der Waals surface area contributed by atoms with Gasteiger partial charge in [0.05, 0.1) is 10.7 Å². The molecule has 1 unspecified atom stereocenters. The number of ketones is 1. The number of nitrogens with zero attached hydrogens (tertiary/aromatic N) is 1. The number of carbonyl (C=O) groups excluding carboxylic acids is 2. The minimum atomic E-state index is -1.79. The predicted molar refractivity (Wildman–Crippen MR) is 115 cm³/mol. The summed E-state index contributed by atoms with van der Waals surface area (Å²) in [4.78, 5) is 26.1. The molecule has 0 saturated carbocycles. The van der Waals surface area contributed by atoms with E-state index in [2.05, 4.69) is 6.92 Å². The van der Waals surface area contributed by atoms with Crippen LogP contribution in [0.4, 0.5) is 5.69 Å². The molecule has 1 aromatic carbocycles. The van der Waals surface area contributed by atoms with E-state index in [1.54, 1.807) is 23.1 Å². The summed E-state index contributed by atoms with van der Waals surface area (Å²) < 4.78 is 0. The number of anilines is 1. The first-order valence-electron chi connectivity index (χ1n) is 10.7. The van der Waals surface area contributed by atoms with E-state index in [4.69, 9.17) is 11.6 Å². The number of aliphatic hydroxyl groups is 1. The molecule has 1 N–H and O–H groups in total. The van der Waals surface area contributed by atoms with E-state index >= 15 is 0 Å². The molecule has 2 rings (SSSR count). The Hall–Kier alpha value is -1.39. The average molecular weight is 408 g/mol. The summed E-state index contributed by atoms with van der Waals surface area (Å²) in [5.74, 6) is -0.649. The van der Waals surface area contributed by atoms with Crippen molar-refractivity contribution in [3.63, 3.8) is 0 Å². The SMILES string of the molecule is CCCCCCCCCCCCN1C(=O)C(O)(CC(C)=O)c2cccc(Cl)c21. The lowest BCUT2D eigenvalue weighted by molar-refractivity contribution is -0.141. The molecule has 0 radical (unpaired) electrons. The van der Waals surface area contributed by atoms with Gasteiger partial charge in [0.25, 0.3) is 5.91 Å². The summed E-state index contributed by atoms with van der Waals surface area (Å²) in [5, 5.41) is 11.4. The molecule has 0 aliphatic carbocycles. The Bertz CT molecular complexity index is 676. The smallest absolute Gasteiger partial charge is 0.264 e. The Kier molecular flexibility index (Phi) is 8.97. The Labute approximate surface area is 174 Å². The van der Waals surface area contributed by atoms with Crippen molar-refractivity contribution >= 4 is 29.0 Å². The van der Waals surface area contributed by atoms with Crippen LogP contribution in [0.2, 0.25) is 5.02 Å². The molecule has 1 amide bonds. The minimum absolute atomic E-state index is 0.215. The number of Topliss-reactive ketones (excluding diaryl/α,β-unsaturated/α-hetero) is 1. The average Bonchev–Trinajstić information content (AvgIpc) is 2.85. The molecule has 1 heterocycles. The number of benzene rings is 1. The first kappa shape index (κ1) is 22.9. The number of fused-ring (bicyclic) bond motifs is 1. The molecule has 0 bridgehead atoms. The van der Waals surface area contributed by atoms with Gasteiger partial charge in [0.15, 0.2) is 5.60 Å². The molecule has 1 atom stereocenters. The van der Waals surface area contributed by atoms with Crippen molar-refractivity contribution in [3.05, 3.63) is 28.8 Å². The summed E-state index contributed by atoms with van der Waals surface area (Å²) >= 11 is 6.34. The monoisotopic (exact) mass is 407 g/mol. The van der Waals surface area contributed by atoms with Gasteiger partial charge in [0.2, 0.25) is 0 Å². The highest BCUT2D eigenvalue weighted by atomic mass is 35.5. The van der Waals surface area contributed by atoms with Crippen molar-refractivity contribution in [1.82, 2.24) is 0 Å². The third-order valence-corrected chi connectivity index (χ3v) is 5.85. The highest BCUT2D eigenvalue weighted by molar-refractivity contribution is 6.35. The topological polar surface area (TPSA) is 57.6 Å². The number of para-hydroxylation sites is 1. The van der Waals surface area contributed by atoms with Crippen LogP contribution in [0.15, 0.2) is 18.2 Å². The molecule has 1 aromatic rings. The Balaban J connectivity index is 1.86. The van der Waals surface area contributed by atoms with Gasteiger partial charge in [0, 0.05) is 18.5 Å². The lowest BCUT2D eigenvalue weighted by atomic mass is 9.90. The normalized spacial score (nSPS) is 18.6. The Morgan fingerprint density at radius 3 is 2.18 bits per heavy atom. The van der Waals surface area contributed by atoms with Gasteiger partial charge in [-0.3, -0.25) is 9.59 Å². The Morgan fingerprint density at radius 1 is 1.04 bits per heavy atom. The maximum Gasteiger partial charge on any atom is 0.264 e. The van der Waals surface area contributed by atoms with E-state index in [0.717, 1.165) is 19.3 Å². The van der Waals surface area contributed by atoms with Crippen LogP contribution < -0.4 is 4.90 Å². The molecule has 1 aliphatic rings. The zero-order chi connectivity index (χ0) is 20.6. The summed E-state index contributed by atoms with van der Waals surface area (Å²) in [6, 6.07) is 5.13. The second-order valence-corrected chi connectivity index (χ2v) is 8.42. The summed E-state index contributed by atoms with van der Waals surface area (Å²) in [6.45, 7) is 4.14. The third kappa shape index (κ3) is 5.57. The number of amides is 1. The minimum Gasteiger partial charge on any atom is -0.375 e. The van der Waals surface area contributed by atoms with Gasteiger partial charge in [-0.25, -0.2) is 0 Å². The second-order valence-electron chi connectivity index (χ2n) is 8.01. The van der Waals surface area contributed by atoms with Crippen molar-refractivity contribution in [2.45, 2.75) is 90.1 Å². The van der Waals surface area contributed by atoms with Crippen molar-refractivity contribution in [1.29, 1.82) is 0 Å². The van der Waals surface area contributed by atoms with Crippen molar-refractivity contribution in [3.8, 4) is 0 Å². The van der Waals surface area contributed by atoms with Crippen LogP contribution in [-0.4, -0.2) is 23.3 Å². The molecule has 1 aliphatic heterocycles. The van der Waals surface area contributed by atoms with Crippen molar-refractivity contribution in [2.24, 2.45) is 0 Å². The third-order valence-electron chi connectivity index (χ3n) is 5.54. The lowest BCUT2D eigenvalue weighted by Gasteiger charge is -2.22. The molecule has 4 nitrogen and oxygen atoms in total. The number of hydrogen-bond donors (Lipinski definition) is 1. The molecular formula is C23H34ClNO3. The Morgan fingerprint density at radius 2 is 1.61 bits per heavy atom. The fraction of sp³-hybridized carbons (Fsp3) is 0.652. The quantitative estimate of drug-likeness (QED) is 0.422. The van der Waals surface area contributed by atoms with Crippen LogP contribution in [0.25, 0.3) is 0 Å². The van der Waals surface area contributed by atoms with Crippen LogP contribution in [-0.2, 0) is 15.2 Å². The molecular weight excluding hydrogens is 374 g/mol. The van der Waals surface area contributed by atoms with Crippen LogP contribution in [0.1, 0.15) is 90.0 Å². The number of hydrogen-bond acceptors (Lipinski definition) is 3.